The molecule has 0 bridgehead atoms. The fraction of sp³-hybridized carbons (Fsp3) is 0.517. The number of allylic oxidation sites excluding steroid dienone is 2. The van der Waals surface area contributed by atoms with Gasteiger partial charge in [-0.3, -0.25) is 9.59 Å². The molecule has 186 valence electrons. The summed E-state index contributed by atoms with van der Waals surface area (Å²) in [5, 5.41) is 6.55. The summed E-state index contributed by atoms with van der Waals surface area (Å²) in [5.74, 6) is -0.110. The van der Waals surface area contributed by atoms with Crippen LogP contribution >= 0.6 is 0 Å². The summed E-state index contributed by atoms with van der Waals surface area (Å²) >= 11 is 0. The van der Waals surface area contributed by atoms with Gasteiger partial charge in [0, 0.05) is 41.6 Å². The van der Waals surface area contributed by atoms with Gasteiger partial charge in [0.1, 0.15) is 0 Å². The fourth-order valence-corrected chi connectivity index (χ4v) is 6.45. The van der Waals surface area contributed by atoms with E-state index in [2.05, 4.69) is 45.7 Å². The average Bonchev–Trinajstić information content (AvgIpc) is 2.82. The number of rotatable bonds is 3. The van der Waals surface area contributed by atoms with Crippen LogP contribution in [0.1, 0.15) is 71.8 Å². The number of H-pyrrole nitrogens is 1. The highest BCUT2D eigenvalue weighted by Gasteiger charge is 2.46. The Kier molecular flexibility index (Phi) is 6.83. The SMILES string of the molecule is CCN(c1cccc2c1C/C=C\CCc1cc(C)[nH]c(=O)c1CNC2=O)C1CC2(CCNCC2)C1. The Morgan fingerprint density at radius 2 is 1.89 bits per heavy atom. The summed E-state index contributed by atoms with van der Waals surface area (Å²) in [6, 6.07) is 8.69. The lowest BCUT2D eigenvalue weighted by atomic mass is 9.60. The second-order valence-electron chi connectivity index (χ2n) is 10.6. The van der Waals surface area contributed by atoms with Crippen molar-refractivity contribution < 1.29 is 4.79 Å². The summed E-state index contributed by atoms with van der Waals surface area (Å²) in [7, 11) is 0. The number of hydrogen-bond donors (Lipinski definition) is 3. The molecule has 1 spiro atoms. The van der Waals surface area contributed by atoms with E-state index in [-0.39, 0.29) is 18.0 Å². The second kappa shape index (κ2) is 10.0. The number of carbonyl (C=O) groups is 1. The summed E-state index contributed by atoms with van der Waals surface area (Å²) in [4.78, 5) is 31.5. The molecule has 1 aromatic carbocycles. The van der Waals surface area contributed by atoms with Gasteiger partial charge in [-0.2, -0.15) is 0 Å². The summed E-state index contributed by atoms with van der Waals surface area (Å²) < 4.78 is 0. The number of amides is 1. The lowest BCUT2D eigenvalue weighted by Crippen LogP contribution is -2.54. The number of benzene rings is 1. The molecule has 2 fully saturated rings. The van der Waals surface area contributed by atoms with Crippen molar-refractivity contribution >= 4 is 11.6 Å². The minimum absolute atomic E-state index is 0.107. The van der Waals surface area contributed by atoms with Crippen LogP contribution in [-0.4, -0.2) is 36.6 Å². The van der Waals surface area contributed by atoms with Crippen LogP contribution in [0.4, 0.5) is 5.69 Å². The van der Waals surface area contributed by atoms with Gasteiger partial charge in [0.05, 0.1) is 0 Å². The summed E-state index contributed by atoms with van der Waals surface area (Å²) in [6.45, 7) is 7.57. The minimum atomic E-state index is -0.110. The van der Waals surface area contributed by atoms with E-state index in [0.29, 0.717) is 22.6 Å². The molecule has 6 heteroatoms. The maximum Gasteiger partial charge on any atom is 0.253 e. The van der Waals surface area contributed by atoms with Crippen LogP contribution in [0.15, 0.2) is 41.2 Å². The number of aromatic amines is 1. The van der Waals surface area contributed by atoms with Gasteiger partial charge in [0.2, 0.25) is 0 Å². The predicted molar refractivity (Wildman–Crippen MR) is 141 cm³/mol. The third-order valence-electron chi connectivity index (χ3n) is 8.35. The highest BCUT2D eigenvalue weighted by atomic mass is 16.1. The van der Waals surface area contributed by atoms with Gasteiger partial charge in [-0.25, -0.2) is 0 Å². The van der Waals surface area contributed by atoms with Gasteiger partial charge in [0.15, 0.2) is 0 Å². The zero-order valence-electron chi connectivity index (χ0n) is 21.1. The zero-order chi connectivity index (χ0) is 24.4. The van der Waals surface area contributed by atoms with Crippen molar-refractivity contribution in [3.8, 4) is 0 Å². The number of hydrogen-bond acceptors (Lipinski definition) is 4. The Morgan fingerprint density at radius 1 is 1.09 bits per heavy atom. The number of nitrogens with one attached hydrogen (secondary N) is 3. The van der Waals surface area contributed by atoms with E-state index < -0.39 is 0 Å². The van der Waals surface area contributed by atoms with E-state index in [4.69, 9.17) is 0 Å². The summed E-state index contributed by atoms with van der Waals surface area (Å²) in [6.07, 6.45) is 11.8. The molecule has 0 unspecified atom stereocenters. The molecule has 1 aromatic heterocycles. The van der Waals surface area contributed by atoms with Crippen molar-refractivity contribution in [2.45, 2.75) is 71.4 Å². The number of piperidine rings is 1. The van der Waals surface area contributed by atoms with Crippen molar-refractivity contribution in [2.24, 2.45) is 5.41 Å². The standard InChI is InChI=1S/C29H38N4O2/c1-3-33(22-17-29(18-22)12-14-30-15-13-29)26-11-7-10-24-23(26)9-6-4-5-8-21-16-20(2)32-28(35)25(21)19-31-27(24)34/h4,6-7,10-11,16,22,30H,3,5,8-9,12-15,17-19H2,1-2H3,(H,31,34)(H,32,35)/b6-4-. The van der Waals surface area contributed by atoms with E-state index in [1.54, 1.807) is 0 Å². The molecule has 1 saturated heterocycles. The third kappa shape index (κ3) is 4.81. The van der Waals surface area contributed by atoms with E-state index in [1.165, 1.54) is 31.4 Å². The van der Waals surface area contributed by atoms with Gasteiger partial charge in [-0.05, 0) is 107 Å². The van der Waals surface area contributed by atoms with Crippen LogP contribution in [0.2, 0.25) is 0 Å². The average molecular weight is 475 g/mol. The molecule has 1 amide bonds. The first-order chi connectivity index (χ1) is 17.0. The molecule has 5 rings (SSSR count). The molecule has 3 heterocycles. The van der Waals surface area contributed by atoms with Crippen LogP contribution in [0.25, 0.3) is 0 Å². The molecule has 0 radical (unpaired) electrons. The van der Waals surface area contributed by atoms with Crippen molar-refractivity contribution in [1.82, 2.24) is 15.6 Å². The molecular formula is C29H38N4O2. The van der Waals surface area contributed by atoms with E-state index in [9.17, 15) is 9.59 Å². The van der Waals surface area contributed by atoms with Gasteiger partial charge in [-0.1, -0.05) is 18.2 Å². The number of pyridine rings is 1. The van der Waals surface area contributed by atoms with Gasteiger partial charge < -0.3 is 20.5 Å². The zero-order valence-corrected chi connectivity index (χ0v) is 21.1. The highest BCUT2D eigenvalue weighted by molar-refractivity contribution is 5.97. The summed E-state index contributed by atoms with van der Waals surface area (Å²) in [5.41, 5.74) is 5.92. The molecule has 1 aliphatic carbocycles. The lowest BCUT2D eigenvalue weighted by Gasteiger charge is -2.54. The number of fused-ring (bicyclic) bond motifs is 2. The van der Waals surface area contributed by atoms with Gasteiger partial charge in [0.25, 0.3) is 11.5 Å². The Bertz CT molecular complexity index is 1170. The first-order valence-corrected chi connectivity index (χ1v) is 13.2. The van der Waals surface area contributed by atoms with E-state index in [1.807, 2.05) is 25.1 Å². The Labute approximate surface area is 208 Å². The fourth-order valence-electron chi connectivity index (χ4n) is 6.45. The van der Waals surface area contributed by atoms with Crippen LogP contribution in [0, 0.1) is 12.3 Å². The number of carbonyl (C=O) groups excluding carboxylic acids is 1. The Hall–Kier alpha value is -2.86. The van der Waals surface area contributed by atoms with Gasteiger partial charge >= 0.3 is 0 Å². The number of anilines is 1. The number of aryl methyl sites for hydroxylation is 2. The van der Waals surface area contributed by atoms with Crippen molar-refractivity contribution in [2.75, 3.05) is 24.5 Å². The van der Waals surface area contributed by atoms with Crippen LogP contribution < -0.4 is 21.1 Å². The molecule has 0 atom stereocenters. The molecule has 6 nitrogen and oxygen atoms in total. The van der Waals surface area contributed by atoms with E-state index >= 15 is 0 Å². The monoisotopic (exact) mass is 474 g/mol. The number of nitrogens with zero attached hydrogens (tertiary/aromatic N) is 1. The van der Waals surface area contributed by atoms with Crippen molar-refractivity contribution in [3.05, 3.63) is 74.7 Å². The minimum Gasteiger partial charge on any atom is -0.369 e. The quantitative estimate of drug-likeness (QED) is 0.588. The van der Waals surface area contributed by atoms with Crippen LogP contribution in [0.5, 0.6) is 0 Å². The molecule has 3 N–H and O–H groups in total. The lowest BCUT2D eigenvalue weighted by molar-refractivity contribution is 0.0593. The molecule has 35 heavy (non-hydrogen) atoms. The maximum atomic E-state index is 13.4. The van der Waals surface area contributed by atoms with Crippen molar-refractivity contribution in [1.29, 1.82) is 0 Å². The van der Waals surface area contributed by atoms with Crippen LogP contribution in [-0.2, 0) is 19.4 Å². The predicted octanol–water partition coefficient (Wildman–Crippen LogP) is 4.02. The Balaban J connectivity index is 1.43. The third-order valence-corrected chi connectivity index (χ3v) is 8.35. The maximum absolute atomic E-state index is 13.4. The largest absolute Gasteiger partial charge is 0.369 e. The van der Waals surface area contributed by atoms with Crippen molar-refractivity contribution in [3.63, 3.8) is 0 Å². The second-order valence-corrected chi connectivity index (χ2v) is 10.6. The molecule has 2 aromatic rings. The first kappa shape index (κ1) is 23.9. The topological polar surface area (TPSA) is 77.2 Å². The molecular weight excluding hydrogens is 436 g/mol. The first-order valence-electron chi connectivity index (χ1n) is 13.2. The van der Waals surface area contributed by atoms with E-state index in [0.717, 1.165) is 55.7 Å². The number of aromatic nitrogens is 1. The molecule has 1 saturated carbocycles. The molecule has 3 aliphatic rings. The highest BCUT2D eigenvalue weighted by Crippen LogP contribution is 2.51. The van der Waals surface area contributed by atoms with Gasteiger partial charge in [-0.15, -0.1) is 0 Å². The molecule has 2 aliphatic heterocycles. The normalized spacial score (nSPS) is 21.0. The smallest absolute Gasteiger partial charge is 0.253 e. The Morgan fingerprint density at radius 3 is 2.66 bits per heavy atom. The van der Waals surface area contributed by atoms with Crippen LogP contribution in [0.3, 0.4) is 0 Å².